The molecule has 0 radical (unpaired) electrons. The van der Waals surface area contributed by atoms with Crippen LogP contribution in [0.2, 0.25) is 18.1 Å². The molecule has 0 aliphatic heterocycles. The normalized spacial score (nSPS) is 14.1. The zero-order valence-corrected chi connectivity index (χ0v) is 23.3. The highest BCUT2D eigenvalue weighted by molar-refractivity contribution is 6.74. The number of hydrogen-bond donors (Lipinski definition) is 0. The summed E-state index contributed by atoms with van der Waals surface area (Å²) in [5, 5.41) is 0.123. The Morgan fingerprint density at radius 1 is 0.941 bits per heavy atom. The molecule has 1 rings (SSSR count). The fourth-order valence-corrected chi connectivity index (χ4v) is 3.90. The SMILES string of the molecule is C=CC[C@H](OCOCCOC)[C@@H](COCOCc1ccc(OC)cc1)CO[Si](C)(C)C(C)(C)C. The molecule has 0 saturated heterocycles. The van der Waals surface area contributed by atoms with Crippen LogP contribution in [0.25, 0.3) is 0 Å². The summed E-state index contributed by atoms with van der Waals surface area (Å²) in [7, 11) is 1.38. The molecular weight excluding hydrogens is 452 g/mol. The van der Waals surface area contributed by atoms with Crippen molar-refractivity contribution in [1.29, 1.82) is 0 Å². The van der Waals surface area contributed by atoms with E-state index in [1.165, 1.54) is 0 Å². The van der Waals surface area contributed by atoms with Crippen molar-refractivity contribution in [3.63, 3.8) is 0 Å². The molecule has 0 amide bonds. The zero-order chi connectivity index (χ0) is 25.5. The minimum Gasteiger partial charge on any atom is -0.497 e. The molecule has 0 saturated carbocycles. The van der Waals surface area contributed by atoms with Gasteiger partial charge in [0.05, 0.1) is 39.6 Å². The molecule has 34 heavy (non-hydrogen) atoms. The van der Waals surface area contributed by atoms with Crippen molar-refractivity contribution >= 4 is 8.32 Å². The highest BCUT2D eigenvalue weighted by Crippen LogP contribution is 2.37. The summed E-state index contributed by atoms with van der Waals surface area (Å²) in [6.07, 6.45) is 2.40. The van der Waals surface area contributed by atoms with Gasteiger partial charge in [0.2, 0.25) is 0 Å². The second-order valence-electron chi connectivity index (χ2n) is 9.76. The van der Waals surface area contributed by atoms with Crippen LogP contribution >= 0.6 is 0 Å². The molecule has 0 bridgehead atoms. The van der Waals surface area contributed by atoms with E-state index in [4.69, 9.17) is 32.8 Å². The summed E-state index contributed by atoms with van der Waals surface area (Å²) >= 11 is 0. The Hall–Kier alpha value is -1.26. The highest BCUT2D eigenvalue weighted by atomic mass is 28.4. The van der Waals surface area contributed by atoms with E-state index in [2.05, 4.69) is 40.4 Å². The summed E-state index contributed by atoms with van der Waals surface area (Å²) in [4.78, 5) is 0. The van der Waals surface area contributed by atoms with Crippen LogP contribution in [0.1, 0.15) is 32.8 Å². The second-order valence-corrected chi connectivity index (χ2v) is 14.6. The van der Waals surface area contributed by atoms with Crippen molar-refractivity contribution in [2.24, 2.45) is 5.92 Å². The maximum absolute atomic E-state index is 6.51. The van der Waals surface area contributed by atoms with Gasteiger partial charge in [-0.25, -0.2) is 0 Å². The number of benzene rings is 1. The van der Waals surface area contributed by atoms with Gasteiger partial charge in [0.1, 0.15) is 19.3 Å². The fourth-order valence-electron chi connectivity index (χ4n) is 2.83. The Labute approximate surface area is 207 Å². The molecule has 0 N–H and O–H groups in total. The first-order chi connectivity index (χ1) is 16.1. The number of hydrogen-bond acceptors (Lipinski definition) is 7. The maximum Gasteiger partial charge on any atom is 0.191 e. The predicted molar refractivity (Wildman–Crippen MR) is 138 cm³/mol. The third kappa shape index (κ3) is 11.9. The van der Waals surface area contributed by atoms with Crippen molar-refractivity contribution < 1.29 is 32.8 Å². The molecule has 0 aromatic heterocycles. The molecule has 0 aliphatic carbocycles. The molecule has 1 aromatic rings. The van der Waals surface area contributed by atoms with Gasteiger partial charge in [0, 0.05) is 19.6 Å². The molecule has 1 aromatic carbocycles. The fraction of sp³-hybridized carbons (Fsp3) is 0.692. The van der Waals surface area contributed by atoms with Gasteiger partial charge in [-0.2, -0.15) is 0 Å². The van der Waals surface area contributed by atoms with Gasteiger partial charge in [-0.3, -0.25) is 0 Å². The molecule has 2 atom stereocenters. The lowest BCUT2D eigenvalue weighted by Gasteiger charge is -2.38. The minimum atomic E-state index is -1.92. The van der Waals surface area contributed by atoms with Gasteiger partial charge in [-0.1, -0.05) is 39.0 Å². The summed E-state index contributed by atoms with van der Waals surface area (Å²) in [5.41, 5.74) is 1.06. The molecule has 196 valence electrons. The first-order valence-electron chi connectivity index (χ1n) is 11.9. The first kappa shape index (κ1) is 30.8. The van der Waals surface area contributed by atoms with Crippen LogP contribution in [0.5, 0.6) is 5.75 Å². The number of rotatable bonds is 19. The monoisotopic (exact) mass is 498 g/mol. The van der Waals surface area contributed by atoms with E-state index in [9.17, 15) is 0 Å². The Bertz CT molecular complexity index is 658. The van der Waals surface area contributed by atoms with E-state index < -0.39 is 8.32 Å². The van der Waals surface area contributed by atoms with Crippen molar-refractivity contribution in [2.45, 2.75) is 58.0 Å². The third-order valence-corrected chi connectivity index (χ3v) is 10.6. The van der Waals surface area contributed by atoms with Crippen molar-refractivity contribution in [1.82, 2.24) is 0 Å². The van der Waals surface area contributed by atoms with E-state index in [0.29, 0.717) is 39.5 Å². The van der Waals surface area contributed by atoms with E-state index in [-0.39, 0.29) is 30.6 Å². The van der Waals surface area contributed by atoms with Crippen LogP contribution in [0.15, 0.2) is 36.9 Å². The average molecular weight is 499 g/mol. The Morgan fingerprint density at radius 2 is 1.65 bits per heavy atom. The average Bonchev–Trinajstić information content (AvgIpc) is 2.79. The van der Waals surface area contributed by atoms with Gasteiger partial charge in [0.15, 0.2) is 8.32 Å². The van der Waals surface area contributed by atoms with Gasteiger partial charge >= 0.3 is 0 Å². The first-order valence-corrected chi connectivity index (χ1v) is 14.8. The largest absolute Gasteiger partial charge is 0.497 e. The van der Waals surface area contributed by atoms with E-state index in [1.807, 2.05) is 30.3 Å². The molecule has 8 heteroatoms. The summed E-state index contributed by atoms with van der Waals surface area (Å²) < 4.78 is 39.9. The van der Waals surface area contributed by atoms with Crippen LogP contribution in [-0.4, -0.2) is 68.7 Å². The summed E-state index contributed by atoms with van der Waals surface area (Å²) in [6, 6.07) is 7.79. The number of ether oxygens (including phenoxy) is 6. The molecule has 7 nitrogen and oxygen atoms in total. The quantitative estimate of drug-likeness (QED) is 0.109. The van der Waals surface area contributed by atoms with E-state index in [1.54, 1.807) is 14.2 Å². The van der Waals surface area contributed by atoms with Crippen LogP contribution in [0.4, 0.5) is 0 Å². The Morgan fingerprint density at radius 3 is 2.24 bits per heavy atom. The second kappa shape index (κ2) is 16.4. The molecule has 0 spiro atoms. The predicted octanol–water partition coefficient (Wildman–Crippen LogP) is 5.41. The van der Waals surface area contributed by atoms with Gasteiger partial charge < -0.3 is 32.8 Å². The lowest BCUT2D eigenvalue weighted by atomic mass is 10.0. The Balaban J connectivity index is 2.65. The molecule has 0 heterocycles. The lowest BCUT2D eigenvalue weighted by molar-refractivity contribution is -0.137. The lowest BCUT2D eigenvalue weighted by Crippen LogP contribution is -2.44. The third-order valence-electron chi connectivity index (χ3n) is 6.11. The van der Waals surface area contributed by atoms with Crippen LogP contribution < -0.4 is 4.74 Å². The Kier molecular flexibility index (Phi) is 14.9. The van der Waals surface area contributed by atoms with Crippen LogP contribution in [0, 0.1) is 5.92 Å². The van der Waals surface area contributed by atoms with Crippen LogP contribution in [-0.2, 0) is 34.7 Å². The molecule has 0 aliphatic rings. The molecule has 0 unspecified atom stereocenters. The topological polar surface area (TPSA) is 64.6 Å². The highest BCUT2D eigenvalue weighted by Gasteiger charge is 2.38. The van der Waals surface area contributed by atoms with Crippen LogP contribution in [0.3, 0.4) is 0 Å². The number of methoxy groups -OCH3 is 2. The zero-order valence-electron chi connectivity index (χ0n) is 22.3. The van der Waals surface area contributed by atoms with E-state index >= 15 is 0 Å². The molecular formula is C26H46O7Si. The van der Waals surface area contributed by atoms with Crippen molar-refractivity contribution in [2.75, 3.05) is 54.2 Å². The standard InChI is InChI=1S/C26H46O7Si/c1-9-10-25(32-21-29-16-15-27-5)23(19-33-34(7,8)26(2,3)4)18-31-20-30-17-22-11-13-24(28-6)14-12-22/h9,11-14,23,25H,1,10,15-21H2,2-8H3/t23-,25-/m0/s1. The van der Waals surface area contributed by atoms with E-state index in [0.717, 1.165) is 11.3 Å². The molecule has 0 fully saturated rings. The maximum atomic E-state index is 6.51. The van der Waals surface area contributed by atoms with Crippen molar-refractivity contribution in [3.8, 4) is 5.75 Å². The van der Waals surface area contributed by atoms with Crippen molar-refractivity contribution in [3.05, 3.63) is 42.5 Å². The minimum absolute atomic E-state index is 0.0164. The van der Waals surface area contributed by atoms with Gasteiger partial charge in [-0.15, -0.1) is 6.58 Å². The smallest absolute Gasteiger partial charge is 0.191 e. The summed E-state index contributed by atoms with van der Waals surface area (Å²) in [5.74, 6) is 0.840. The van der Waals surface area contributed by atoms with Gasteiger partial charge in [-0.05, 0) is 42.2 Å². The van der Waals surface area contributed by atoms with Gasteiger partial charge in [0.25, 0.3) is 0 Å². The summed E-state index contributed by atoms with van der Waals surface area (Å²) in [6.45, 7) is 18.0.